The quantitative estimate of drug-likeness (QED) is 0.805. The molecule has 2 aliphatic rings. The van der Waals surface area contributed by atoms with E-state index in [-0.39, 0.29) is 12.3 Å². The summed E-state index contributed by atoms with van der Waals surface area (Å²) in [5.41, 5.74) is 5.33. The second-order valence-electron chi connectivity index (χ2n) is 7.28. The third-order valence-corrected chi connectivity index (χ3v) is 5.33. The molecular formula is C18H31N5O2. The molecule has 3 rings (SSSR count). The number of piperidine rings is 1. The highest BCUT2D eigenvalue weighted by molar-refractivity contribution is 5.75. The maximum absolute atomic E-state index is 11.3. The zero-order valence-corrected chi connectivity index (χ0v) is 15.3. The Labute approximate surface area is 149 Å². The summed E-state index contributed by atoms with van der Waals surface area (Å²) in [5, 5.41) is 4.57. The van der Waals surface area contributed by atoms with Crippen molar-refractivity contribution in [3.8, 4) is 0 Å². The van der Waals surface area contributed by atoms with Crippen molar-refractivity contribution in [3.05, 3.63) is 11.6 Å². The molecule has 25 heavy (non-hydrogen) atoms. The first-order valence-corrected chi connectivity index (χ1v) is 9.71. The topological polar surface area (TPSA) is 86.3 Å². The maximum Gasteiger partial charge on any atom is 0.225 e. The Morgan fingerprint density at radius 2 is 2.12 bits per heavy atom. The van der Waals surface area contributed by atoms with Crippen LogP contribution in [0.15, 0.2) is 0 Å². The van der Waals surface area contributed by atoms with E-state index < -0.39 is 0 Å². The molecule has 0 aliphatic carbocycles. The number of unbranched alkanes of at least 4 members (excludes halogenated alkanes) is 1. The molecular weight excluding hydrogens is 318 g/mol. The van der Waals surface area contributed by atoms with Gasteiger partial charge in [-0.1, -0.05) is 13.3 Å². The summed E-state index contributed by atoms with van der Waals surface area (Å²) in [4.78, 5) is 18.6. The Kier molecular flexibility index (Phi) is 6.42. The van der Waals surface area contributed by atoms with Crippen LogP contribution < -0.4 is 5.73 Å². The highest BCUT2D eigenvalue weighted by Gasteiger charge is 2.30. The van der Waals surface area contributed by atoms with Crippen LogP contribution in [0.2, 0.25) is 0 Å². The van der Waals surface area contributed by atoms with Gasteiger partial charge in [0.1, 0.15) is 5.82 Å². The lowest BCUT2D eigenvalue weighted by atomic mass is 9.94. The number of aromatic nitrogens is 3. The first kappa shape index (κ1) is 18.3. The molecule has 0 radical (unpaired) electrons. The van der Waals surface area contributed by atoms with Gasteiger partial charge in [-0.25, -0.2) is 9.67 Å². The summed E-state index contributed by atoms with van der Waals surface area (Å²) in [6, 6.07) is 0.633. The van der Waals surface area contributed by atoms with Gasteiger partial charge in [0.25, 0.3) is 0 Å². The van der Waals surface area contributed by atoms with Crippen molar-refractivity contribution in [2.24, 2.45) is 5.73 Å². The number of amides is 1. The molecule has 2 saturated heterocycles. The van der Waals surface area contributed by atoms with Crippen molar-refractivity contribution >= 4 is 5.91 Å². The monoisotopic (exact) mass is 349 g/mol. The molecule has 0 bridgehead atoms. The van der Waals surface area contributed by atoms with Gasteiger partial charge >= 0.3 is 0 Å². The van der Waals surface area contributed by atoms with E-state index in [0.717, 1.165) is 64.2 Å². The van der Waals surface area contributed by atoms with Gasteiger partial charge in [-0.15, -0.1) is 0 Å². The van der Waals surface area contributed by atoms with Gasteiger partial charge in [0.15, 0.2) is 5.82 Å². The standard InChI is InChI=1S/C18H31N5O2/c1-2-3-9-23-18(20-17(21-23)12-16(19)24)14-5-4-8-22(13-14)15-6-10-25-11-7-15/h14-15H,2-13H2,1H3,(H2,19,24). The largest absolute Gasteiger partial charge is 0.381 e. The lowest BCUT2D eigenvalue weighted by Gasteiger charge is -2.39. The second kappa shape index (κ2) is 8.76. The Morgan fingerprint density at radius 1 is 1.32 bits per heavy atom. The molecule has 140 valence electrons. The summed E-state index contributed by atoms with van der Waals surface area (Å²) in [6.07, 6.45) is 6.90. The summed E-state index contributed by atoms with van der Waals surface area (Å²) < 4.78 is 7.54. The fourth-order valence-corrected chi connectivity index (χ4v) is 4.01. The first-order chi connectivity index (χ1) is 12.2. The fourth-order valence-electron chi connectivity index (χ4n) is 4.01. The molecule has 2 fully saturated rings. The number of hydrogen-bond acceptors (Lipinski definition) is 5. The minimum atomic E-state index is -0.369. The Morgan fingerprint density at radius 3 is 2.84 bits per heavy atom. The van der Waals surface area contributed by atoms with Crippen molar-refractivity contribution in [2.45, 2.75) is 70.4 Å². The van der Waals surface area contributed by atoms with Crippen LogP contribution in [0.5, 0.6) is 0 Å². The third kappa shape index (κ3) is 4.79. The molecule has 1 atom stereocenters. The van der Waals surface area contributed by atoms with Crippen LogP contribution in [0, 0.1) is 0 Å². The number of carbonyl (C=O) groups is 1. The van der Waals surface area contributed by atoms with E-state index in [9.17, 15) is 4.79 Å². The molecule has 1 amide bonds. The van der Waals surface area contributed by atoms with Gasteiger partial charge in [-0.2, -0.15) is 5.10 Å². The average molecular weight is 349 g/mol. The number of carbonyl (C=O) groups excluding carboxylic acids is 1. The molecule has 7 nitrogen and oxygen atoms in total. The van der Waals surface area contributed by atoms with E-state index in [1.54, 1.807) is 0 Å². The molecule has 2 aliphatic heterocycles. The SMILES string of the molecule is CCCCn1nc(CC(N)=O)nc1C1CCCN(C2CCOCC2)C1. The molecule has 3 heterocycles. The summed E-state index contributed by atoms with van der Waals surface area (Å²) >= 11 is 0. The fraction of sp³-hybridized carbons (Fsp3) is 0.833. The average Bonchev–Trinajstić information content (AvgIpc) is 3.02. The van der Waals surface area contributed by atoms with Gasteiger partial charge in [0.2, 0.25) is 5.91 Å². The highest BCUT2D eigenvalue weighted by atomic mass is 16.5. The summed E-state index contributed by atoms with van der Waals surface area (Å²) in [7, 11) is 0. The zero-order valence-electron chi connectivity index (χ0n) is 15.3. The van der Waals surface area contributed by atoms with Gasteiger partial charge in [0, 0.05) is 38.3 Å². The molecule has 2 N–H and O–H groups in total. The van der Waals surface area contributed by atoms with Crippen LogP contribution in [-0.2, 0) is 22.5 Å². The molecule has 1 aromatic heterocycles. The van der Waals surface area contributed by atoms with Crippen LogP contribution in [0.3, 0.4) is 0 Å². The maximum atomic E-state index is 11.3. The number of rotatable bonds is 7. The highest BCUT2D eigenvalue weighted by Crippen LogP contribution is 2.29. The Bertz CT molecular complexity index is 568. The summed E-state index contributed by atoms with van der Waals surface area (Å²) in [5.74, 6) is 1.64. The van der Waals surface area contributed by atoms with Crippen molar-refractivity contribution < 1.29 is 9.53 Å². The van der Waals surface area contributed by atoms with E-state index in [1.807, 2.05) is 4.68 Å². The van der Waals surface area contributed by atoms with Crippen molar-refractivity contribution in [1.82, 2.24) is 19.7 Å². The van der Waals surface area contributed by atoms with E-state index in [0.29, 0.717) is 17.8 Å². The number of nitrogens with two attached hydrogens (primary N) is 1. The lowest BCUT2D eigenvalue weighted by molar-refractivity contribution is -0.117. The predicted octanol–water partition coefficient (Wildman–Crippen LogP) is 1.46. The summed E-state index contributed by atoms with van der Waals surface area (Å²) in [6.45, 7) is 6.99. The first-order valence-electron chi connectivity index (χ1n) is 9.71. The number of aryl methyl sites for hydroxylation is 1. The van der Waals surface area contributed by atoms with Crippen LogP contribution in [-0.4, -0.2) is 57.9 Å². The zero-order chi connectivity index (χ0) is 17.6. The number of primary amides is 1. The predicted molar refractivity (Wildman–Crippen MR) is 95.2 cm³/mol. The number of nitrogens with zero attached hydrogens (tertiary/aromatic N) is 4. The van der Waals surface area contributed by atoms with E-state index in [1.165, 1.54) is 13.0 Å². The van der Waals surface area contributed by atoms with Gasteiger partial charge in [-0.3, -0.25) is 9.69 Å². The minimum Gasteiger partial charge on any atom is -0.381 e. The smallest absolute Gasteiger partial charge is 0.225 e. The van der Waals surface area contributed by atoms with Gasteiger partial charge in [0.05, 0.1) is 6.42 Å². The number of likely N-dealkylation sites (tertiary alicyclic amines) is 1. The molecule has 7 heteroatoms. The van der Waals surface area contributed by atoms with Crippen molar-refractivity contribution in [3.63, 3.8) is 0 Å². The van der Waals surface area contributed by atoms with E-state index in [2.05, 4.69) is 16.9 Å². The minimum absolute atomic E-state index is 0.128. The number of hydrogen-bond donors (Lipinski definition) is 1. The van der Waals surface area contributed by atoms with E-state index >= 15 is 0 Å². The third-order valence-electron chi connectivity index (χ3n) is 5.33. The van der Waals surface area contributed by atoms with E-state index in [4.69, 9.17) is 15.5 Å². The van der Waals surface area contributed by atoms with Crippen LogP contribution in [0.25, 0.3) is 0 Å². The molecule has 0 saturated carbocycles. The number of ether oxygens (including phenoxy) is 1. The normalized spacial score (nSPS) is 23.0. The van der Waals surface area contributed by atoms with Gasteiger partial charge < -0.3 is 10.5 Å². The molecule has 1 unspecified atom stereocenters. The van der Waals surface area contributed by atoms with Gasteiger partial charge in [-0.05, 0) is 38.6 Å². The van der Waals surface area contributed by atoms with Crippen LogP contribution in [0.1, 0.15) is 63.0 Å². The molecule has 1 aromatic rings. The second-order valence-corrected chi connectivity index (χ2v) is 7.28. The van der Waals surface area contributed by atoms with Crippen molar-refractivity contribution in [1.29, 1.82) is 0 Å². The Balaban J connectivity index is 1.73. The Hall–Kier alpha value is -1.47. The molecule has 0 spiro atoms. The van der Waals surface area contributed by atoms with Crippen LogP contribution in [0.4, 0.5) is 0 Å². The van der Waals surface area contributed by atoms with Crippen molar-refractivity contribution in [2.75, 3.05) is 26.3 Å². The van der Waals surface area contributed by atoms with Crippen LogP contribution >= 0.6 is 0 Å². The molecule has 0 aromatic carbocycles. The lowest BCUT2D eigenvalue weighted by Crippen LogP contribution is -2.45.